The first-order chi connectivity index (χ1) is 23.3. The molecule has 0 amide bonds. The van der Waals surface area contributed by atoms with Crippen LogP contribution < -0.4 is 4.90 Å². The van der Waals surface area contributed by atoms with Crippen molar-refractivity contribution in [2.45, 2.75) is 0 Å². The fourth-order valence-corrected chi connectivity index (χ4v) is 7.60. The number of hydrogen-bond acceptors (Lipinski definition) is 1. The smallest absolute Gasteiger partial charge is 0.131 e. The zero-order valence-electron chi connectivity index (χ0n) is 25.6. The Morgan fingerprint density at radius 2 is 0.830 bits per heavy atom. The summed E-state index contributed by atoms with van der Waals surface area (Å²) < 4.78 is 4.93. The van der Waals surface area contributed by atoms with Crippen molar-refractivity contribution >= 4 is 60.9 Å². The highest BCUT2D eigenvalue weighted by Crippen LogP contribution is 2.44. The topological polar surface area (TPSA) is 12.1 Å². The maximum Gasteiger partial charge on any atom is 0.131 e. The first-order valence-electron chi connectivity index (χ1n) is 16.1. The summed E-state index contributed by atoms with van der Waals surface area (Å²) in [5, 5.41) is 3.92. The van der Waals surface area contributed by atoms with Gasteiger partial charge in [0.1, 0.15) is 5.65 Å². The lowest BCUT2D eigenvalue weighted by molar-refractivity contribution is 1.28. The third-order valence-corrected chi connectivity index (χ3v) is 9.64. The second kappa shape index (κ2) is 10.1. The molecule has 10 rings (SSSR count). The summed E-state index contributed by atoms with van der Waals surface area (Å²) in [5.74, 6) is 0. The lowest BCUT2D eigenvalue weighted by atomic mass is 10.0. The fraction of sp³-hybridized carbons (Fsp3) is 0. The van der Waals surface area contributed by atoms with Crippen molar-refractivity contribution in [3.05, 3.63) is 176 Å². The third kappa shape index (κ3) is 3.81. The Balaban J connectivity index is 1.14. The predicted molar refractivity (Wildman–Crippen MR) is 198 cm³/mol. The van der Waals surface area contributed by atoms with Crippen LogP contribution >= 0.6 is 0 Å². The maximum absolute atomic E-state index is 2.48. The van der Waals surface area contributed by atoms with Crippen LogP contribution in [0.3, 0.4) is 0 Å². The molecule has 10 aromatic rings. The summed E-state index contributed by atoms with van der Waals surface area (Å²) >= 11 is 0. The van der Waals surface area contributed by atoms with Crippen molar-refractivity contribution in [1.29, 1.82) is 0 Å². The quantitative estimate of drug-likeness (QED) is 0.192. The van der Waals surface area contributed by atoms with E-state index in [1.807, 2.05) is 0 Å². The summed E-state index contributed by atoms with van der Waals surface area (Å²) in [4.78, 5) is 2.33. The van der Waals surface area contributed by atoms with Gasteiger partial charge in [-0.1, -0.05) is 121 Å². The molecule has 3 aromatic heterocycles. The van der Waals surface area contributed by atoms with Crippen LogP contribution in [-0.2, 0) is 0 Å². The van der Waals surface area contributed by atoms with Crippen LogP contribution in [0.15, 0.2) is 176 Å². The minimum Gasteiger partial charge on any atom is -0.311 e. The normalized spacial score (nSPS) is 11.8. The van der Waals surface area contributed by atoms with E-state index in [1.54, 1.807) is 0 Å². The second-order valence-corrected chi connectivity index (χ2v) is 12.2. The third-order valence-electron chi connectivity index (χ3n) is 9.64. The van der Waals surface area contributed by atoms with Crippen molar-refractivity contribution in [3.63, 3.8) is 0 Å². The molecular weight excluding hydrogens is 571 g/mol. The van der Waals surface area contributed by atoms with Crippen molar-refractivity contribution in [1.82, 2.24) is 8.80 Å². The van der Waals surface area contributed by atoms with Gasteiger partial charge in [-0.05, 0) is 71.3 Å². The molecule has 0 atom stereocenters. The van der Waals surface area contributed by atoms with Crippen molar-refractivity contribution in [3.8, 4) is 22.3 Å². The highest BCUT2D eigenvalue weighted by Gasteiger charge is 2.24. The van der Waals surface area contributed by atoms with Gasteiger partial charge in [0.15, 0.2) is 0 Å². The Morgan fingerprint density at radius 3 is 1.49 bits per heavy atom. The van der Waals surface area contributed by atoms with E-state index in [0.717, 1.165) is 17.1 Å². The number of fused-ring (bicyclic) bond motifs is 9. The van der Waals surface area contributed by atoms with Crippen molar-refractivity contribution in [2.75, 3.05) is 4.90 Å². The minimum atomic E-state index is 1.12. The molecule has 0 aliphatic carbocycles. The molecule has 0 saturated carbocycles. The van der Waals surface area contributed by atoms with Crippen LogP contribution in [0.25, 0.3) is 66.1 Å². The van der Waals surface area contributed by atoms with Crippen LogP contribution in [0.4, 0.5) is 17.1 Å². The number of para-hydroxylation sites is 4. The fourth-order valence-electron chi connectivity index (χ4n) is 7.60. The number of rotatable bonds is 5. The lowest BCUT2D eigenvalue weighted by Crippen LogP contribution is -2.09. The van der Waals surface area contributed by atoms with E-state index in [1.165, 1.54) is 66.1 Å². The van der Waals surface area contributed by atoms with Gasteiger partial charge in [0, 0.05) is 38.8 Å². The number of anilines is 3. The van der Waals surface area contributed by atoms with Crippen LogP contribution in [0, 0.1) is 0 Å². The van der Waals surface area contributed by atoms with E-state index < -0.39 is 0 Å². The summed E-state index contributed by atoms with van der Waals surface area (Å²) in [6, 6.07) is 63.4. The Labute approximate surface area is 272 Å². The Morgan fingerprint density at radius 1 is 0.340 bits per heavy atom. The van der Waals surface area contributed by atoms with Gasteiger partial charge in [-0.15, -0.1) is 0 Å². The van der Waals surface area contributed by atoms with Gasteiger partial charge in [-0.2, -0.15) is 0 Å². The highest BCUT2D eigenvalue weighted by atomic mass is 15.1. The molecule has 3 heterocycles. The van der Waals surface area contributed by atoms with Gasteiger partial charge < -0.3 is 4.90 Å². The maximum atomic E-state index is 2.48. The van der Waals surface area contributed by atoms with Crippen LogP contribution in [0.1, 0.15) is 0 Å². The SMILES string of the molecule is c1ccc(-c2ccc(N(c3ccccc3)c3ccc(-c4cccc5c4n4c6ccccc6c6c7ccccc7n5c64)cc3)cc2)cc1. The highest BCUT2D eigenvalue weighted by molar-refractivity contribution is 6.24. The first kappa shape index (κ1) is 26.0. The summed E-state index contributed by atoms with van der Waals surface area (Å²) in [5.41, 5.74) is 14.4. The predicted octanol–water partition coefficient (Wildman–Crippen LogP) is 11.9. The number of benzene rings is 7. The zero-order valence-corrected chi connectivity index (χ0v) is 25.6. The van der Waals surface area contributed by atoms with Gasteiger partial charge >= 0.3 is 0 Å². The molecule has 0 radical (unpaired) electrons. The molecule has 0 bridgehead atoms. The van der Waals surface area contributed by atoms with Crippen LogP contribution in [0.2, 0.25) is 0 Å². The molecule has 0 fully saturated rings. The van der Waals surface area contributed by atoms with Gasteiger partial charge in [0.2, 0.25) is 0 Å². The molecule has 3 nitrogen and oxygen atoms in total. The molecule has 7 aromatic carbocycles. The van der Waals surface area contributed by atoms with Gasteiger partial charge in [0.25, 0.3) is 0 Å². The Kier molecular flexibility index (Phi) is 5.57. The largest absolute Gasteiger partial charge is 0.311 e. The van der Waals surface area contributed by atoms with Crippen LogP contribution in [0.5, 0.6) is 0 Å². The number of hydrogen-bond donors (Lipinski definition) is 0. The number of nitrogens with zero attached hydrogens (tertiary/aromatic N) is 3. The molecule has 0 spiro atoms. The molecule has 47 heavy (non-hydrogen) atoms. The standard InChI is InChI=1S/C44H29N3/c1-3-12-30(13-4-1)31-22-26-34(27-23-31)45(33-14-5-2-6-15-33)35-28-24-32(25-29-35)36-18-11-21-41-43(36)47-40-20-10-8-17-38(40)42-37-16-7-9-19-39(37)46(41)44(42)47/h1-29H. The van der Waals surface area contributed by atoms with Gasteiger partial charge in [-0.3, -0.25) is 8.80 Å². The molecule has 0 aliphatic rings. The monoisotopic (exact) mass is 599 g/mol. The van der Waals surface area contributed by atoms with Crippen molar-refractivity contribution in [2.24, 2.45) is 0 Å². The average Bonchev–Trinajstić information content (AvgIpc) is 3.78. The minimum absolute atomic E-state index is 1.12. The molecule has 220 valence electrons. The molecule has 0 saturated heterocycles. The van der Waals surface area contributed by atoms with Gasteiger partial charge in [0.05, 0.1) is 22.1 Å². The number of imidazole rings is 1. The summed E-state index contributed by atoms with van der Waals surface area (Å²) in [6.07, 6.45) is 0. The first-order valence-corrected chi connectivity index (χ1v) is 16.1. The molecule has 3 heteroatoms. The summed E-state index contributed by atoms with van der Waals surface area (Å²) in [6.45, 7) is 0. The van der Waals surface area contributed by atoms with Crippen molar-refractivity contribution < 1.29 is 0 Å². The molecule has 0 unspecified atom stereocenters. The van der Waals surface area contributed by atoms with E-state index in [4.69, 9.17) is 0 Å². The molecule has 0 aliphatic heterocycles. The molecule has 0 N–H and O–H groups in total. The lowest BCUT2D eigenvalue weighted by Gasteiger charge is -2.26. The van der Waals surface area contributed by atoms with E-state index >= 15 is 0 Å². The Hall–Kier alpha value is -6.32. The van der Waals surface area contributed by atoms with E-state index in [-0.39, 0.29) is 0 Å². The second-order valence-electron chi connectivity index (χ2n) is 12.2. The summed E-state index contributed by atoms with van der Waals surface area (Å²) in [7, 11) is 0. The van der Waals surface area contributed by atoms with E-state index in [9.17, 15) is 0 Å². The molecular formula is C44H29N3. The van der Waals surface area contributed by atoms with Gasteiger partial charge in [-0.25, -0.2) is 0 Å². The van der Waals surface area contributed by atoms with Crippen LogP contribution in [-0.4, -0.2) is 8.80 Å². The zero-order chi connectivity index (χ0) is 30.9. The van der Waals surface area contributed by atoms with E-state index in [0.29, 0.717) is 0 Å². The Bertz CT molecular complexity index is 2690. The number of aromatic nitrogens is 2. The van der Waals surface area contributed by atoms with E-state index in [2.05, 4.69) is 190 Å². The average molecular weight is 600 g/mol.